The van der Waals surface area contributed by atoms with Crippen LogP contribution in [0.2, 0.25) is 5.02 Å². The molecule has 1 aromatic heterocycles. The minimum Gasteiger partial charge on any atom is -0.314 e. The number of nitrogens with one attached hydrogen (secondary N) is 1. The van der Waals surface area contributed by atoms with E-state index in [9.17, 15) is 0 Å². The zero-order valence-electron chi connectivity index (χ0n) is 8.91. The SMILES string of the molecule is C[C@@H](c1ncccc1Cl)N1CCNCC1. The Morgan fingerprint density at radius 1 is 1.47 bits per heavy atom. The highest BCUT2D eigenvalue weighted by atomic mass is 35.5. The minimum absolute atomic E-state index is 0.306. The van der Waals surface area contributed by atoms with Crippen LogP contribution in [-0.2, 0) is 0 Å². The predicted octanol–water partition coefficient (Wildman–Crippen LogP) is 1.70. The van der Waals surface area contributed by atoms with Crippen molar-refractivity contribution in [3.05, 3.63) is 29.0 Å². The van der Waals surface area contributed by atoms with Gasteiger partial charge in [-0.15, -0.1) is 0 Å². The van der Waals surface area contributed by atoms with Crippen molar-refractivity contribution < 1.29 is 0 Å². The van der Waals surface area contributed by atoms with Crippen molar-refractivity contribution in [2.24, 2.45) is 0 Å². The topological polar surface area (TPSA) is 28.2 Å². The van der Waals surface area contributed by atoms with Gasteiger partial charge in [0.25, 0.3) is 0 Å². The first-order chi connectivity index (χ1) is 7.29. The monoisotopic (exact) mass is 225 g/mol. The Balaban J connectivity index is 2.12. The molecule has 1 N–H and O–H groups in total. The number of piperazine rings is 1. The summed E-state index contributed by atoms with van der Waals surface area (Å²) >= 11 is 6.13. The van der Waals surface area contributed by atoms with Gasteiger partial charge in [-0.1, -0.05) is 11.6 Å². The lowest BCUT2D eigenvalue weighted by Crippen LogP contribution is -2.44. The third kappa shape index (κ3) is 2.48. The Labute approximate surface area is 95.4 Å². The van der Waals surface area contributed by atoms with Crippen LogP contribution in [0.5, 0.6) is 0 Å². The van der Waals surface area contributed by atoms with Gasteiger partial charge in [-0.3, -0.25) is 9.88 Å². The van der Waals surface area contributed by atoms with Gasteiger partial charge in [0, 0.05) is 32.4 Å². The number of hydrogen-bond acceptors (Lipinski definition) is 3. The average Bonchev–Trinajstić information content (AvgIpc) is 2.30. The standard InChI is InChI=1S/C11H16ClN3/c1-9(15-7-5-13-6-8-15)11-10(12)3-2-4-14-11/h2-4,9,13H,5-8H2,1H3/t9-/m0/s1. The number of rotatable bonds is 2. The maximum absolute atomic E-state index is 6.13. The van der Waals surface area contributed by atoms with Crippen molar-refractivity contribution in [3.63, 3.8) is 0 Å². The highest BCUT2D eigenvalue weighted by molar-refractivity contribution is 6.31. The van der Waals surface area contributed by atoms with Gasteiger partial charge >= 0.3 is 0 Å². The third-order valence-corrected chi connectivity index (χ3v) is 3.20. The largest absolute Gasteiger partial charge is 0.314 e. The first-order valence-electron chi connectivity index (χ1n) is 5.34. The molecule has 82 valence electrons. The lowest BCUT2D eigenvalue weighted by Gasteiger charge is -2.32. The summed E-state index contributed by atoms with van der Waals surface area (Å²) in [5, 5.41) is 4.11. The molecule has 0 spiro atoms. The zero-order valence-corrected chi connectivity index (χ0v) is 9.67. The van der Waals surface area contributed by atoms with Crippen molar-refractivity contribution >= 4 is 11.6 Å². The molecule has 0 unspecified atom stereocenters. The molecule has 3 nitrogen and oxygen atoms in total. The quantitative estimate of drug-likeness (QED) is 0.831. The van der Waals surface area contributed by atoms with E-state index in [4.69, 9.17) is 11.6 Å². The Hall–Kier alpha value is -0.640. The van der Waals surface area contributed by atoms with Crippen LogP contribution >= 0.6 is 11.6 Å². The molecule has 1 atom stereocenters. The summed E-state index contributed by atoms with van der Waals surface area (Å²) in [6, 6.07) is 4.08. The molecule has 1 fully saturated rings. The van der Waals surface area contributed by atoms with E-state index in [1.807, 2.05) is 12.1 Å². The highest BCUT2D eigenvalue weighted by Gasteiger charge is 2.20. The normalized spacial score (nSPS) is 20.1. The molecule has 0 saturated carbocycles. The zero-order chi connectivity index (χ0) is 10.7. The number of aromatic nitrogens is 1. The highest BCUT2D eigenvalue weighted by Crippen LogP contribution is 2.24. The summed E-state index contributed by atoms with van der Waals surface area (Å²) < 4.78 is 0. The Kier molecular flexibility index (Phi) is 3.57. The van der Waals surface area contributed by atoms with Gasteiger partial charge in [0.15, 0.2) is 0 Å². The Morgan fingerprint density at radius 3 is 2.87 bits per heavy atom. The van der Waals surface area contributed by atoms with E-state index >= 15 is 0 Å². The fourth-order valence-corrected chi connectivity index (χ4v) is 2.23. The molecule has 4 heteroatoms. The first kappa shape index (κ1) is 10.9. The van der Waals surface area contributed by atoms with Gasteiger partial charge < -0.3 is 5.32 Å². The number of nitrogens with zero attached hydrogens (tertiary/aromatic N) is 2. The maximum atomic E-state index is 6.13. The fourth-order valence-electron chi connectivity index (χ4n) is 1.95. The van der Waals surface area contributed by atoms with Gasteiger partial charge in [-0.25, -0.2) is 0 Å². The molecule has 2 rings (SSSR count). The second-order valence-electron chi connectivity index (χ2n) is 3.83. The van der Waals surface area contributed by atoms with E-state index in [1.165, 1.54) is 0 Å². The van der Waals surface area contributed by atoms with Gasteiger partial charge in [0.1, 0.15) is 0 Å². The van der Waals surface area contributed by atoms with Gasteiger partial charge in [-0.2, -0.15) is 0 Å². The summed E-state index contributed by atoms with van der Waals surface area (Å²) in [5.41, 5.74) is 0.987. The van der Waals surface area contributed by atoms with Crippen LogP contribution in [0.4, 0.5) is 0 Å². The fraction of sp³-hybridized carbons (Fsp3) is 0.545. The van der Waals surface area contributed by atoms with Gasteiger partial charge in [0.2, 0.25) is 0 Å². The molecule has 0 amide bonds. The van der Waals surface area contributed by atoms with E-state index < -0.39 is 0 Å². The lowest BCUT2D eigenvalue weighted by atomic mass is 10.1. The minimum atomic E-state index is 0.306. The van der Waals surface area contributed by atoms with Crippen LogP contribution < -0.4 is 5.32 Å². The summed E-state index contributed by atoms with van der Waals surface area (Å²) in [6.07, 6.45) is 1.81. The van der Waals surface area contributed by atoms with Crippen molar-refractivity contribution in [1.29, 1.82) is 0 Å². The van der Waals surface area contributed by atoms with E-state index in [-0.39, 0.29) is 0 Å². The molecule has 1 saturated heterocycles. The van der Waals surface area contributed by atoms with Crippen molar-refractivity contribution in [1.82, 2.24) is 15.2 Å². The number of pyridine rings is 1. The average molecular weight is 226 g/mol. The van der Waals surface area contributed by atoms with Gasteiger partial charge in [-0.05, 0) is 19.1 Å². The Bertz CT molecular complexity index is 323. The van der Waals surface area contributed by atoms with Crippen LogP contribution in [0.25, 0.3) is 0 Å². The predicted molar refractivity (Wildman–Crippen MR) is 62.1 cm³/mol. The van der Waals surface area contributed by atoms with Crippen molar-refractivity contribution in [2.45, 2.75) is 13.0 Å². The maximum Gasteiger partial charge on any atom is 0.0758 e. The Morgan fingerprint density at radius 2 is 2.20 bits per heavy atom. The van der Waals surface area contributed by atoms with Crippen LogP contribution in [0.1, 0.15) is 18.7 Å². The molecule has 0 aliphatic carbocycles. The van der Waals surface area contributed by atoms with Gasteiger partial charge in [0.05, 0.1) is 16.8 Å². The molecule has 0 radical (unpaired) electrons. The molecule has 0 bridgehead atoms. The number of halogens is 1. The second-order valence-corrected chi connectivity index (χ2v) is 4.24. The second kappa shape index (κ2) is 4.92. The molecule has 1 aliphatic rings. The molecule has 2 heterocycles. The summed E-state index contributed by atoms with van der Waals surface area (Å²) in [5.74, 6) is 0. The van der Waals surface area contributed by atoms with Crippen molar-refractivity contribution in [2.75, 3.05) is 26.2 Å². The lowest BCUT2D eigenvalue weighted by molar-refractivity contribution is 0.182. The van der Waals surface area contributed by atoms with E-state index in [2.05, 4.69) is 22.1 Å². The van der Waals surface area contributed by atoms with Crippen LogP contribution in [0, 0.1) is 0 Å². The molecule has 1 aromatic rings. The number of hydrogen-bond donors (Lipinski definition) is 1. The van der Waals surface area contributed by atoms with E-state index in [1.54, 1.807) is 6.20 Å². The smallest absolute Gasteiger partial charge is 0.0758 e. The molecule has 15 heavy (non-hydrogen) atoms. The molecule has 0 aromatic carbocycles. The van der Waals surface area contributed by atoms with Crippen LogP contribution in [0.15, 0.2) is 18.3 Å². The summed E-state index contributed by atoms with van der Waals surface area (Å²) in [6.45, 7) is 6.39. The third-order valence-electron chi connectivity index (χ3n) is 2.88. The van der Waals surface area contributed by atoms with Crippen molar-refractivity contribution in [3.8, 4) is 0 Å². The summed E-state index contributed by atoms with van der Waals surface area (Å²) in [7, 11) is 0. The summed E-state index contributed by atoms with van der Waals surface area (Å²) in [4.78, 5) is 6.77. The van der Waals surface area contributed by atoms with E-state index in [0.717, 1.165) is 36.9 Å². The van der Waals surface area contributed by atoms with Crippen LogP contribution in [-0.4, -0.2) is 36.1 Å². The first-order valence-corrected chi connectivity index (χ1v) is 5.72. The molecular weight excluding hydrogens is 210 g/mol. The van der Waals surface area contributed by atoms with E-state index in [0.29, 0.717) is 6.04 Å². The van der Waals surface area contributed by atoms with Crippen LogP contribution in [0.3, 0.4) is 0 Å². The molecular formula is C11H16ClN3. The molecule has 1 aliphatic heterocycles.